The fourth-order valence-electron chi connectivity index (χ4n) is 3.82. The van der Waals surface area contributed by atoms with E-state index in [2.05, 4.69) is 19.1 Å². The highest BCUT2D eigenvalue weighted by Crippen LogP contribution is 2.19. The van der Waals surface area contributed by atoms with E-state index in [0.29, 0.717) is 6.42 Å². The van der Waals surface area contributed by atoms with Crippen LogP contribution in [0.15, 0.2) is 12.2 Å². The molecule has 0 aromatic heterocycles. The Kier molecular flexibility index (Phi) is 17.8. The van der Waals surface area contributed by atoms with Gasteiger partial charge in [0.15, 0.2) is 6.29 Å². The van der Waals surface area contributed by atoms with Crippen molar-refractivity contribution in [1.82, 2.24) is 0 Å². The SMILES string of the molecule is CCCCCCCC/C=C\CCCCCCCC(CC=O)O[C@@H]1CCCCO1. The standard InChI is InChI=1S/C25H46O3/c1-2-3-4-5-6-7-8-9-10-11-12-13-14-15-16-19-24(21-22-26)28-25-20-17-18-23-27-25/h9-10,22,24-25H,2-8,11-21,23H2,1H3/b10-9-/t24?,25-/m1/s1. The lowest BCUT2D eigenvalue weighted by Gasteiger charge is -2.27. The van der Waals surface area contributed by atoms with Crippen LogP contribution in [0.2, 0.25) is 0 Å². The number of rotatable bonds is 19. The molecule has 0 aliphatic carbocycles. The maximum absolute atomic E-state index is 10.9. The third kappa shape index (κ3) is 15.3. The minimum Gasteiger partial charge on any atom is -0.353 e. The van der Waals surface area contributed by atoms with Crippen LogP contribution >= 0.6 is 0 Å². The second-order valence-corrected chi connectivity index (χ2v) is 8.33. The van der Waals surface area contributed by atoms with E-state index in [1.807, 2.05) is 0 Å². The van der Waals surface area contributed by atoms with Crippen molar-refractivity contribution in [3.05, 3.63) is 12.2 Å². The Labute approximate surface area is 174 Å². The minimum atomic E-state index is -0.0816. The van der Waals surface area contributed by atoms with Gasteiger partial charge in [-0.15, -0.1) is 0 Å². The number of allylic oxidation sites excluding steroid dienone is 2. The van der Waals surface area contributed by atoms with E-state index in [-0.39, 0.29) is 12.4 Å². The summed E-state index contributed by atoms with van der Waals surface area (Å²) in [5, 5.41) is 0. The first kappa shape index (κ1) is 25.4. The molecule has 0 bridgehead atoms. The lowest BCUT2D eigenvalue weighted by molar-refractivity contribution is -0.190. The van der Waals surface area contributed by atoms with E-state index < -0.39 is 0 Å². The maximum Gasteiger partial charge on any atom is 0.157 e. The summed E-state index contributed by atoms with van der Waals surface area (Å²) in [6.07, 6.45) is 27.6. The van der Waals surface area contributed by atoms with Crippen molar-refractivity contribution in [2.24, 2.45) is 0 Å². The van der Waals surface area contributed by atoms with E-state index in [9.17, 15) is 4.79 Å². The van der Waals surface area contributed by atoms with Gasteiger partial charge in [-0.3, -0.25) is 0 Å². The van der Waals surface area contributed by atoms with Crippen LogP contribution in [-0.2, 0) is 14.3 Å². The number of ether oxygens (including phenoxy) is 2. The van der Waals surface area contributed by atoms with Gasteiger partial charge in [0.2, 0.25) is 0 Å². The summed E-state index contributed by atoms with van der Waals surface area (Å²) in [4.78, 5) is 10.9. The lowest BCUT2D eigenvalue weighted by atomic mass is 10.0. The topological polar surface area (TPSA) is 35.5 Å². The Hall–Kier alpha value is -0.670. The Morgan fingerprint density at radius 1 is 0.893 bits per heavy atom. The summed E-state index contributed by atoms with van der Waals surface area (Å²) in [7, 11) is 0. The number of unbranched alkanes of at least 4 members (excludes halogenated alkanes) is 11. The van der Waals surface area contributed by atoms with Gasteiger partial charge in [0, 0.05) is 13.0 Å². The summed E-state index contributed by atoms with van der Waals surface area (Å²) in [6, 6.07) is 0. The monoisotopic (exact) mass is 394 g/mol. The van der Waals surface area contributed by atoms with Crippen LogP contribution in [0.1, 0.15) is 122 Å². The van der Waals surface area contributed by atoms with Gasteiger partial charge in [-0.05, 0) is 51.4 Å². The molecule has 0 aromatic rings. The molecule has 0 spiro atoms. The van der Waals surface area contributed by atoms with Crippen molar-refractivity contribution in [3.63, 3.8) is 0 Å². The van der Waals surface area contributed by atoms with Gasteiger partial charge in [-0.1, -0.05) is 76.9 Å². The van der Waals surface area contributed by atoms with Crippen molar-refractivity contribution in [1.29, 1.82) is 0 Å². The molecule has 1 fully saturated rings. The Balaban J connectivity index is 1.89. The van der Waals surface area contributed by atoms with Crippen molar-refractivity contribution in [3.8, 4) is 0 Å². The van der Waals surface area contributed by atoms with Gasteiger partial charge in [0.1, 0.15) is 6.29 Å². The van der Waals surface area contributed by atoms with E-state index >= 15 is 0 Å². The highest BCUT2D eigenvalue weighted by molar-refractivity contribution is 5.50. The molecule has 3 heteroatoms. The lowest BCUT2D eigenvalue weighted by Crippen LogP contribution is -2.28. The van der Waals surface area contributed by atoms with Crippen LogP contribution in [-0.4, -0.2) is 25.3 Å². The number of aldehydes is 1. The summed E-state index contributed by atoms with van der Waals surface area (Å²) in [5.74, 6) is 0. The molecule has 1 unspecified atom stereocenters. The van der Waals surface area contributed by atoms with Crippen LogP contribution in [0.5, 0.6) is 0 Å². The normalized spacial score (nSPS) is 18.5. The van der Waals surface area contributed by atoms with Crippen LogP contribution in [0, 0.1) is 0 Å². The van der Waals surface area contributed by atoms with Gasteiger partial charge < -0.3 is 14.3 Å². The molecule has 1 aliphatic rings. The molecule has 28 heavy (non-hydrogen) atoms. The molecular weight excluding hydrogens is 348 g/mol. The van der Waals surface area contributed by atoms with Crippen molar-refractivity contribution >= 4 is 6.29 Å². The first-order valence-corrected chi connectivity index (χ1v) is 12.2. The molecule has 0 saturated carbocycles. The molecule has 1 aliphatic heterocycles. The fourth-order valence-corrected chi connectivity index (χ4v) is 3.82. The second-order valence-electron chi connectivity index (χ2n) is 8.33. The molecule has 0 amide bonds. The van der Waals surface area contributed by atoms with Gasteiger partial charge in [0.25, 0.3) is 0 Å². The maximum atomic E-state index is 10.9. The van der Waals surface area contributed by atoms with Gasteiger partial charge >= 0.3 is 0 Å². The highest BCUT2D eigenvalue weighted by Gasteiger charge is 2.19. The molecular formula is C25H46O3. The van der Waals surface area contributed by atoms with Crippen LogP contribution in [0.4, 0.5) is 0 Å². The predicted molar refractivity (Wildman–Crippen MR) is 119 cm³/mol. The number of hydrogen-bond donors (Lipinski definition) is 0. The average Bonchev–Trinajstić information content (AvgIpc) is 2.71. The molecule has 0 N–H and O–H groups in total. The molecule has 164 valence electrons. The molecule has 2 atom stereocenters. The van der Waals surface area contributed by atoms with Crippen LogP contribution in [0.3, 0.4) is 0 Å². The molecule has 0 aromatic carbocycles. The average molecular weight is 395 g/mol. The third-order valence-corrected chi connectivity index (χ3v) is 5.63. The van der Waals surface area contributed by atoms with Crippen molar-refractivity contribution < 1.29 is 14.3 Å². The summed E-state index contributed by atoms with van der Waals surface area (Å²) < 4.78 is 11.6. The Morgan fingerprint density at radius 3 is 2.14 bits per heavy atom. The number of carbonyl (C=O) groups excluding carboxylic acids is 1. The van der Waals surface area contributed by atoms with Crippen LogP contribution in [0.25, 0.3) is 0 Å². The van der Waals surface area contributed by atoms with Crippen LogP contribution < -0.4 is 0 Å². The zero-order valence-corrected chi connectivity index (χ0v) is 18.5. The van der Waals surface area contributed by atoms with Gasteiger partial charge in [0.05, 0.1) is 6.10 Å². The zero-order valence-electron chi connectivity index (χ0n) is 18.5. The molecule has 0 radical (unpaired) electrons. The quantitative estimate of drug-likeness (QED) is 0.129. The predicted octanol–water partition coefficient (Wildman–Crippen LogP) is 7.52. The third-order valence-electron chi connectivity index (χ3n) is 5.63. The Morgan fingerprint density at radius 2 is 1.54 bits per heavy atom. The summed E-state index contributed by atoms with van der Waals surface area (Å²) >= 11 is 0. The minimum absolute atomic E-state index is 0.0468. The van der Waals surface area contributed by atoms with Gasteiger partial charge in [-0.2, -0.15) is 0 Å². The van der Waals surface area contributed by atoms with Crippen molar-refractivity contribution in [2.75, 3.05) is 6.61 Å². The van der Waals surface area contributed by atoms with E-state index in [0.717, 1.165) is 38.6 Å². The fraction of sp³-hybridized carbons (Fsp3) is 0.880. The van der Waals surface area contributed by atoms with Crippen molar-refractivity contribution in [2.45, 2.75) is 135 Å². The Bertz CT molecular complexity index is 361. The summed E-state index contributed by atoms with van der Waals surface area (Å²) in [6.45, 7) is 3.07. The molecule has 1 heterocycles. The largest absolute Gasteiger partial charge is 0.353 e. The smallest absolute Gasteiger partial charge is 0.157 e. The molecule has 1 saturated heterocycles. The van der Waals surface area contributed by atoms with E-state index in [1.54, 1.807) is 0 Å². The van der Waals surface area contributed by atoms with Gasteiger partial charge in [-0.25, -0.2) is 0 Å². The summed E-state index contributed by atoms with van der Waals surface area (Å²) in [5.41, 5.74) is 0. The number of carbonyl (C=O) groups is 1. The zero-order chi connectivity index (χ0) is 20.1. The molecule has 3 nitrogen and oxygen atoms in total. The van der Waals surface area contributed by atoms with E-state index in [1.165, 1.54) is 83.5 Å². The second kappa shape index (κ2) is 19.6. The first-order chi connectivity index (χ1) is 13.9. The molecule has 1 rings (SSSR count). The highest BCUT2D eigenvalue weighted by atomic mass is 16.7. The first-order valence-electron chi connectivity index (χ1n) is 12.2. The number of hydrogen-bond acceptors (Lipinski definition) is 3. The van der Waals surface area contributed by atoms with E-state index in [4.69, 9.17) is 9.47 Å².